The largest absolute Gasteiger partial charge is 0.480 e. The average Bonchev–Trinajstić information content (AvgIpc) is 3.94. The minimum atomic E-state index is -1.39. The average molecular weight is 829 g/mol. The van der Waals surface area contributed by atoms with Crippen LogP contribution in [0, 0.1) is 0 Å². The number of carboxylic acid groups (broad SMARTS) is 1. The number of carboxylic acids is 1. The third-order valence-electron chi connectivity index (χ3n) is 11.6. The quantitative estimate of drug-likeness (QED) is 0.0522. The smallest absolute Gasteiger partial charge is 0.326 e. The molecule has 5 atom stereocenters. The van der Waals surface area contributed by atoms with Crippen LogP contribution in [0.2, 0.25) is 0 Å². The molecule has 316 valence electrons. The third kappa shape index (κ3) is 10.0. The van der Waals surface area contributed by atoms with Gasteiger partial charge in [0.2, 0.25) is 23.6 Å². The highest BCUT2D eigenvalue weighted by Gasteiger charge is 2.51. The number of nitrogens with two attached hydrogens (primary N) is 3. The highest BCUT2D eigenvalue weighted by molar-refractivity contribution is 7.98. The van der Waals surface area contributed by atoms with Gasteiger partial charge in [-0.15, -0.1) is 0 Å². The zero-order chi connectivity index (χ0) is 42.1. The van der Waals surface area contributed by atoms with Crippen molar-refractivity contribution in [3.8, 4) is 0 Å². The molecule has 0 aliphatic carbocycles. The van der Waals surface area contributed by atoms with Crippen LogP contribution in [0.5, 0.6) is 0 Å². The number of hydrogen-bond acceptors (Lipinski definition) is 8. The number of aromatic nitrogens is 2. The Morgan fingerprint density at radius 3 is 2.54 bits per heavy atom. The molecule has 2 aromatic heterocycles. The molecular weight excluding hydrogens is 773 g/mol. The second-order valence-electron chi connectivity index (χ2n) is 15.5. The molecule has 4 amide bonds. The summed E-state index contributed by atoms with van der Waals surface area (Å²) < 4.78 is 2.11. The number of benzene rings is 2. The van der Waals surface area contributed by atoms with E-state index in [1.54, 1.807) is 18.0 Å². The Kier molecular flexibility index (Phi) is 14.2. The number of aliphatic carboxylic acids is 1. The molecule has 59 heavy (non-hydrogen) atoms. The van der Waals surface area contributed by atoms with Crippen molar-refractivity contribution >= 4 is 69.1 Å². The van der Waals surface area contributed by atoms with Gasteiger partial charge in [-0.05, 0) is 86.6 Å². The van der Waals surface area contributed by atoms with E-state index in [0.717, 1.165) is 32.9 Å². The number of H-pyrrole nitrogens is 1. The Morgan fingerprint density at radius 2 is 1.78 bits per heavy atom. The molecule has 1 saturated heterocycles. The molecule has 2 aliphatic heterocycles. The van der Waals surface area contributed by atoms with Crippen LogP contribution in [0.25, 0.3) is 21.8 Å². The molecule has 0 spiro atoms. The molecule has 17 heteroatoms. The number of nitrogens with one attached hydrogen (secondary N) is 4. The van der Waals surface area contributed by atoms with Crippen molar-refractivity contribution in [2.24, 2.45) is 22.2 Å². The van der Waals surface area contributed by atoms with Crippen LogP contribution in [0.15, 0.2) is 65.9 Å². The second kappa shape index (κ2) is 19.5. The van der Waals surface area contributed by atoms with Gasteiger partial charge in [0.05, 0.1) is 6.04 Å². The first-order chi connectivity index (χ1) is 28.4. The minimum absolute atomic E-state index is 0.0235. The summed E-state index contributed by atoms with van der Waals surface area (Å²) in [6.45, 7) is 0.995. The fraction of sp³-hybridized carbons (Fsp3) is 0.476. The minimum Gasteiger partial charge on any atom is -0.480 e. The number of carbonyl (C=O) groups excluding carboxylic acids is 4. The molecule has 4 heterocycles. The Labute approximate surface area is 347 Å². The van der Waals surface area contributed by atoms with Gasteiger partial charge in [0.25, 0.3) is 0 Å². The number of aromatic amines is 1. The lowest BCUT2D eigenvalue weighted by Crippen LogP contribution is -2.63. The van der Waals surface area contributed by atoms with Crippen LogP contribution in [0.3, 0.4) is 0 Å². The van der Waals surface area contributed by atoms with E-state index in [9.17, 15) is 29.1 Å². The fourth-order valence-corrected chi connectivity index (χ4v) is 8.99. The molecule has 2 bridgehead atoms. The molecule has 1 fully saturated rings. The van der Waals surface area contributed by atoms with Crippen LogP contribution in [0.4, 0.5) is 0 Å². The number of fused-ring (bicyclic) bond motifs is 7. The maximum absolute atomic E-state index is 14.9. The van der Waals surface area contributed by atoms with Crippen molar-refractivity contribution < 1.29 is 29.1 Å². The molecule has 16 nitrogen and oxygen atoms in total. The second-order valence-corrected chi connectivity index (χ2v) is 16.5. The van der Waals surface area contributed by atoms with E-state index in [0.29, 0.717) is 50.8 Å². The topological polar surface area (TPSA) is 256 Å². The first-order valence-corrected chi connectivity index (χ1v) is 21.7. The number of aryl methyl sites for hydroxylation is 1. The maximum Gasteiger partial charge on any atom is 0.326 e. The summed E-state index contributed by atoms with van der Waals surface area (Å²) in [5.41, 5.74) is 19.4. The summed E-state index contributed by atoms with van der Waals surface area (Å²) in [6.07, 6.45) is 8.96. The van der Waals surface area contributed by atoms with Crippen LogP contribution in [-0.2, 0) is 43.4 Å². The van der Waals surface area contributed by atoms with E-state index >= 15 is 0 Å². The van der Waals surface area contributed by atoms with Gasteiger partial charge in [-0.25, -0.2) is 4.79 Å². The van der Waals surface area contributed by atoms with Gasteiger partial charge in [0.1, 0.15) is 23.7 Å². The number of para-hydroxylation sites is 2. The van der Waals surface area contributed by atoms with Gasteiger partial charge in [-0.3, -0.25) is 24.2 Å². The summed E-state index contributed by atoms with van der Waals surface area (Å²) in [7, 11) is 0. The van der Waals surface area contributed by atoms with Crippen molar-refractivity contribution in [2.75, 3.05) is 25.1 Å². The zero-order valence-corrected chi connectivity index (χ0v) is 34.3. The predicted molar refractivity (Wildman–Crippen MR) is 229 cm³/mol. The highest BCUT2D eigenvalue weighted by Crippen LogP contribution is 2.36. The van der Waals surface area contributed by atoms with Crippen molar-refractivity contribution in [3.63, 3.8) is 0 Å². The van der Waals surface area contributed by atoms with Crippen LogP contribution in [-0.4, -0.2) is 110 Å². The van der Waals surface area contributed by atoms with Crippen molar-refractivity contribution in [1.29, 1.82) is 0 Å². The van der Waals surface area contributed by atoms with Gasteiger partial charge in [-0.1, -0.05) is 36.4 Å². The SMILES string of the molecule is CSCC[C@H](N)C(=O)NC1Cc2cn(c3ccccc23)CCCC[C@@]2(C(=O)N[C@@H](Cc3c[nH]c4ccccc34)C(=O)O)CCCN2C(=O)C(CCCN=C(N)N)NC1=O. The lowest BCUT2D eigenvalue weighted by Gasteiger charge is -2.40. The van der Waals surface area contributed by atoms with Crippen LogP contribution >= 0.6 is 11.8 Å². The molecule has 11 N–H and O–H groups in total. The number of aliphatic imine (C=N–C) groups is 1. The lowest BCUT2D eigenvalue weighted by atomic mass is 9.87. The van der Waals surface area contributed by atoms with E-state index in [-0.39, 0.29) is 44.7 Å². The molecule has 4 aromatic rings. The fourth-order valence-electron chi connectivity index (χ4n) is 8.50. The first kappa shape index (κ1) is 43.0. The Balaban J connectivity index is 1.36. The Hall–Kier alpha value is -5.55. The number of hydrogen-bond donors (Lipinski definition) is 8. The number of amides is 4. The molecule has 0 saturated carbocycles. The van der Waals surface area contributed by atoms with Gasteiger partial charge >= 0.3 is 5.97 Å². The van der Waals surface area contributed by atoms with E-state index in [4.69, 9.17) is 17.2 Å². The monoisotopic (exact) mass is 828 g/mol. The third-order valence-corrected chi connectivity index (χ3v) is 12.2. The summed E-state index contributed by atoms with van der Waals surface area (Å²) in [6, 6.07) is 11.1. The summed E-state index contributed by atoms with van der Waals surface area (Å²) in [5, 5.41) is 20.9. The molecule has 0 radical (unpaired) electrons. The van der Waals surface area contributed by atoms with E-state index in [1.165, 1.54) is 4.90 Å². The van der Waals surface area contributed by atoms with Gasteiger partial charge in [0.15, 0.2) is 5.96 Å². The van der Waals surface area contributed by atoms with Crippen LogP contribution in [0.1, 0.15) is 62.5 Å². The standard InChI is InChI=1S/C42H56N10O6S/c1-59-21-15-30(43)36(53)49-33-23-27-25-51(35-14-5-3-11-29(27)35)19-7-6-16-42(17-9-20-52(42)38(55)32(48-37(33)54)13-8-18-46-41(44)45)40(58)50-34(39(56)57)22-26-24-47-31-12-4-2-10-28(26)31/h2-5,10-12,14,24-25,30,32-34,47H,6-9,13,15-23,43H2,1H3,(H,48,54)(H,49,53)(H,50,58)(H,56,57)(H4,44,45,46)/t30-,32?,33?,34-,42-/m0/s1. The van der Waals surface area contributed by atoms with Gasteiger partial charge in [-0.2, -0.15) is 11.8 Å². The maximum atomic E-state index is 14.9. The molecular formula is C42H56N10O6S. The lowest BCUT2D eigenvalue weighted by molar-refractivity contribution is -0.150. The Morgan fingerprint density at radius 1 is 1.03 bits per heavy atom. The number of carbonyl (C=O) groups is 5. The zero-order valence-electron chi connectivity index (χ0n) is 33.5. The summed E-state index contributed by atoms with van der Waals surface area (Å²) in [5.74, 6) is -2.75. The van der Waals surface area contributed by atoms with Crippen LogP contribution < -0.4 is 33.2 Å². The summed E-state index contributed by atoms with van der Waals surface area (Å²) >= 11 is 1.56. The normalized spacial score (nSPS) is 21.2. The molecule has 2 unspecified atom stereocenters. The Bertz CT molecular complexity index is 2180. The molecule has 6 rings (SSSR count). The molecule has 2 aliphatic rings. The summed E-state index contributed by atoms with van der Waals surface area (Å²) in [4.78, 5) is 79.2. The molecule has 2 aromatic carbocycles. The van der Waals surface area contributed by atoms with Crippen molar-refractivity contribution in [1.82, 2.24) is 30.4 Å². The number of nitrogens with zero attached hydrogens (tertiary/aromatic N) is 3. The number of rotatable bonds is 14. The highest BCUT2D eigenvalue weighted by atomic mass is 32.2. The number of thioether (sulfide) groups is 1. The van der Waals surface area contributed by atoms with E-state index in [1.807, 2.05) is 61.0 Å². The van der Waals surface area contributed by atoms with E-state index < -0.39 is 59.3 Å². The van der Waals surface area contributed by atoms with Crippen molar-refractivity contribution in [2.45, 2.75) is 100 Å². The predicted octanol–water partition coefficient (Wildman–Crippen LogP) is 2.13. The van der Waals surface area contributed by atoms with Gasteiger partial charge in [0, 0.05) is 66.7 Å². The van der Waals surface area contributed by atoms with E-state index in [2.05, 4.69) is 30.5 Å². The van der Waals surface area contributed by atoms with Gasteiger partial charge < -0.3 is 52.7 Å². The first-order valence-electron chi connectivity index (χ1n) is 20.3. The van der Waals surface area contributed by atoms with Crippen molar-refractivity contribution in [3.05, 3.63) is 72.1 Å². The number of guanidine groups is 1.